The summed E-state index contributed by atoms with van der Waals surface area (Å²) >= 11 is 0. The molecule has 11 heteroatoms. The predicted octanol–water partition coefficient (Wildman–Crippen LogP) is 0.790. The molecule has 0 radical (unpaired) electrons. The highest BCUT2D eigenvalue weighted by Crippen LogP contribution is 2.32. The van der Waals surface area contributed by atoms with Crippen LogP contribution in [0.1, 0.15) is 12.8 Å². The fourth-order valence-electron chi connectivity index (χ4n) is 3.13. The molecule has 27 heavy (non-hydrogen) atoms. The lowest BCUT2D eigenvalue weighted by atomic mass is 10.1. The van der Waals surface area contributed by atoms with Crippen LogP contribution in [0.4, 0.5) is 25.0 Å². The van der Waals surface area contributed by atoms with E-state index >= 15 is 0 Å². The van der Waals surface area contributed by atoms with Crippen LogP contribution in [0.2, 0.25) is 0 Å². The Kier molecular flexibility index (Phi) is 5.22. The van der Waals surface area contributed by atoms with Crippen molar-refractivity contribution in [1.29, 1.82) is 0 Å². The van der Waals surface area contributed by atoms with Crippen molar-refractivity contribution >= 4 is 33.2 Å². The number of rotatable bonds is 5. The molecule has 0 bridgehead atoms. The second-order valence-corrected chi connectivity index (χ2v) is 8.82. The van der Waals surface area contributed by atoms with Gasteiger partial charge in [-0.15, -0.1) is 0 Å². The van der Waals surface area contributed by atoms with Gasteiger partial charge in [0.1, 0.15) is 11.8 Å². The fourth-order valence-corrected chi connectivity index (χ4v) is 4.33. The number of sulfone groups is 1. The molecular weight excluding hydrogens is 384 g/mol. The van der Waals surface area contributed by atoms with Crippen LogP contribution in [-0.4, -0.2) is 57.7 Å². The molecule has 3 rings (SSSR count). The zero-order valence-corrected chi connectivity index (χ0v) is 15.2. The second-order valence-electron chi connectivity index (χ2n) is 6.52. The highest BCUT2D eigenvalue weighted by Gasteiger charge is 2.34. The van der Waals surface area contributed by atoms with Gasteiger partial charge in [-0.1, -0.05) is 0 Å². The molecule has 1 aromatic carbocycles. The molecule has 2 amide bonds. The van der Waals surface area contributed by atoms with Gasteiger partial charge >= 0.3 is 6.09 Å². The van der Waals surface area contributed by atoms with Gasteiger partial charge in [0.05, 0.1) is 23.7 Å². The maximum Gasteiger partial charge on any atom is 0.414 e. The van der Waals surface area contributed by atoms with Crippen molar-refractivity contribution in [2.45, 2.75) is 18.9 Å². The van der Waals surface area contributed by atoms with Crippen molar-refractivity contribution in [2.75, 3.05) is 40.9 Å². The van der Waals surface area contributed by atoms with Gasteiger partial charge in [0.15, 0.2) is 21.5 Å². The number of nitrogens with two attached hydrogens (primary N) is 1. The van der Waals surface area contributed by atoms with Gasteiger partial charge in [-0.05, 0) is 6.42 Å². The van der Waals surface area contributed by atoms with Crippen molar-refractivity contribution < 1.29 is 31.5 Å². The Morgan fingerprint density at radius 3 is 2.37 bits per heavy atom. The largest absolute Gasteiger partial charge is 0.444 e. The monoisotopic (exact) mass is 403 g/mol. The molecule has 2 aliphatic rings. The van der Waals surface area contributed by atoms with Crippen molar-refractivity contribution in [3.63, 3.8) is 0 Å². The van der Waals surface area contributed by atoms with Gasteiger partial charge in [0.2, 0.25) is 5.91 Å². The van der Waals surface area contributed by atoms with Crippen molar-refractivity contribution in [3.05, 3.63) is 23.8 Å². The van der Waals surface area contributed by atoms with E-state index in [1.165, 1.54) is 4.90 Å². The molecule has 2 saturated heterocycles. The third-order valence-electron chi connectivity index (χ3n) is 4.56. The van der Waals surface area contributed by atoms with Crippen LogP contribution in [0.25, 0.3) is 0 Å². The average molecular weight is 403 g/mol. The molecule has 0 unspecified atom stereocenters. The topological polar surface area (TPSA) is 110 Å². The Labute approximate surface area is 154 Å². The minimum Gasteiger partial charge on any atom is -0.444 e. The summed E-state index contributed by atoms with van der Waals surface area (Å²) in [5.74, 6) is -2.66. The second kappa shape index (κ2) is 7.29. The number of cyclic esters (lactones) is 1. The Morgan fingerprint density at radius 1 is 1.22 bits per heavy atom. The van der Waals surface area contributed by atoms with Gasteiger partial charge in [-0.2, -0.15) is 0 Å². The minimum atomic E-state index is -3.18. The molecule has 2 aliphatic heterocycles. The van der Waals surface area contributed by atoms with E-state index < -0.39 is 39.6 Å². The summed E-state index contributed by atoms with van der Waals surface area (Å²) < 4.78 is 57.2. The molecule has 2 N–H and O–H groups in total. The molecule has 2 heterocycles. The summed E-state index contributed by atoms with van der Waals surface area (Å²) in [5.41, 5.74) is 4.74. The molecular formula is C16H19F2N3O5S. The van der Waals surface area contributed by atoms with E-state index in [1.807, 2.05) is 0 Å². The van der Waals surface area contributed by atoms with Gasteiger partial charge in [-0.3, -0.25) is 9.69 Å². The van der Waals surface area contributed by atoms with E-state index in [2.05, 4.69) is 0 Å². The number of anilines is 2. The van der Waals surface area contributed by atoms with Crippen molar-refractivity contribution in [1.82, 2.24) is 0 Å². The van der Waals surface area contributed by atoms with Gasteiger partial charge < -0.3 is 15.4 Å². The molecule has 0 aliphatic carbocycles. The average Bonchev–Trinajstić information content (AvgIpc) is 2.94. The number of ether oxygens (including phenoxy) is 1. The molecule has 0 spiro atoms. The van der Waals surface area contributed by atoms with Crippen LogP contribution in [0.5, 0.6) is 0 Å². The number of halogens is 2. The fraction of sp³-hybridized carbons (Fsp3) is 0.500. The van der Waals surface area contributed by atoms with Crippen LogP contribution < -0.4 is 15.5 Å². The molecule has 0 saturated carbocycles. The molecule has 0 aromatic heterocycles. The Morgan fingerprint density at radius 2 is 1.81 bits per heavy atom. The molecule has 8 nitrogen and oxygen atoms in total. The highest BCUT2D eigenvalue weighted by atomic mass is 32.2. The van der Waals surface area contributed by atoms with E-state index in [0.29, 0.717) is 0 Å². The van der Waals surface area contributed by atoms with Gasteiger partial charge in [0.25, 0.3) is 0 Å². The number of carbonyl (C=O) groups is 2. The molecule has 2 fully saturated rings. The lowest BCUT2D eigenvalue weighted by molar-refractivity contribution is -0.118. The van der Waals surface area contributed by atoms with Crippen LogP contribution in [0, 0.1) is 11.6 Å². The Hall–Kier alpha value is -2.43. The van der Waals surface area contributed by atoms with Crippen LogP contribution >= 0.6 is 0 Å². The molecule has 1 aromatic rings. The van der Waals surface area contributed by atoms with Crippen LogP contribution in [0.3, 0.4) is 0 Å². The summed E-state index contributed by atoms with van der Waals surface area (Å²) in [6, 6.07) is 2.03. The summed E-state index contributed by atoms with van der Waals surface area (Å²) in [6.07, 6.45) is -1.10. The normalized spacial score (nSPS) is 22.0. The summed E-state index contributed by atoms with van der Waals surface area (Å²) in [6.45, 7) is 0.0409. The van der Waals surface area contributed by atoms with Gasteiger partial charge in [0, 0.05) is 31.6 Å². The highest BCUT2D eigenvalue weighted by molar-refractivity contribution is 7.91. The van der Waals surface area contributed by atoms with Crippen LogP contribution in [-0.2, 0) is 19.4 Å². The first kappa shape index (κ1) is 19.3. The zero-order chi connectivity index (χ0) is 19.8. The third kappa shape index (κ3) is 4.29. The maximum atomic E-state index is 14.5. The van der Waals surface area contributed by atoms with Crippen molar-refractivity contribution in [2.24, 2.45) is 5.73 Å². The Bertz CT molecular complexity index is 840. The van der Waals surface area contributed by atoms with Crippen LogP contribution in [0.15, 0.2) is 12.1 Å². The summed E-state index contributed by atoms with van der Waals surface area (Å²) in [5, 5.41) is 0. The number of amides is 2. The number of carbonyl (C=O) groups excluding carboxylic acids is 2. The van der Waals surface area contributed by atoms with E-state index in [9.17, 15) is 26.8 Å². The number of nitrogens with zero attached hydrogens (tertiary/aromatic N) is 2. The SMILES string of the molecule is NC(=O)CC[C@H]1CN(c2cc(F)c(N3CCS(=O)(=O)CC3)c(F)c2)C(=O)O1. The summed E-state index contributed by atoms with van der Waals surface area (Å²) in [7, 11) is -3.18. The quantitative estimate of drug-likeness (QED) is 0.778. The lowest BCUT2D eigenvalue weighted by Crippen LogP contribution is -2.41. The van der Waals surface area contributed by atoms with E-state index in [4.69, 9.17) is 10.5 Å². The number of primary amides is 1. The smallest absolute Gasteiger partial charge is 0.414 e. The third-order valence-corrected chi connectivity index (χ3v) is 6.17. The first-order chi connectivity index (χ1) is 12.7. The molecule has 148 valence electrons. The molecule has 1 atom stereocenters. The van der Waals surface area contributed by atoms with Gasteiger partial charge in [-0.25, -0.2) is 22.0 Å². The maximum absolute atomic E-state index is 14.5. The van der Waals surface area contributed by atoms with Crippen molar-refractivity contribution in [3.8, 4) is 0 Å². The number of benzene rings is 1. The first-order valence-electron chi connectivity index (χ1n) is 8.37. The van der Waals surface area contributed by atoms with E-state index in [-0.39, 0.29) is 55.4 Å². The summed E-state index contributed by atoms with van der Waals surface area (Å²) in [4.78, 5) is 25.2. The lowest BCUT2D eigenvalue weighted by Gasteiger charge is -2.29. The number of hydrogen-bond donors (Lipinski definition) is 1. The zero-order valence-electron chi connectivity index (χ0n) is 14.4. The number of hydrogen-bond acceptors (Lipinski definition) is 6. The minimum absolute atomic E-state index is 0.00350. The standard InChI is InChI=1S/C16H19F2N3O5S/c17-12-7-10(21-9-11(26-16(21)23)1-2-14(19)22)8-13(18)15(12)20-3-5-27(24,25)6-4-20/h7-8,11H,1-6,9H2,(H2,19,22)/t11-/m0/s1. The first-order valence-corrected chi connectivity index (χ1v) is 10.2. The van der Waals surface area contributed by atoms with E-state index in [0.717, 1.165) is 17.0 Å². The van der Waals surface area contributed by atoms with E-state index in [1.54, 1.807) is 0 Å². The Balaban J connectivity index is 1.77. The predicted molar refractivity (Wildman–Crippen MR) is 93.3 cm³/mol.